The molecule has 7 heteroatoms. The molecule has 6 aliphatic rings. The highest BCUT2D eigenvalue weighted by atomic mass is 16.5. The molecule has 2 aromatic rings. The van der Waals surface area contributed by atoms with Crippen LogP contribution in [0, 0.1) is 41.4 Å². The van der Waals surface area contributed by atoms with Crippen molar-refractivity contribution in [3.8, 4) is 5.75 Å². The van der Waals surface area contributed by atoms with Crippen LogP contribution in [0.25, 0.3) is 0 Å². The van der Waals surface area contributed by atoms with E-state index in [1.807, 2.05) is 30.3 Å². The highest BCUT2D eigenvalue weighted by Gasteiger charge is 2.67. The fourth-order valence-electron chi connectivity index (χ4n) is 6.82. The van der Waals surface area contributed by atoms with Gasteiger partial charge in [0.1, 0.15) is 5.75 Å². The number of benzene rings is 2. The Kier molecular flexibility index (Phi) is 4.35. The molecule has 2 saturated carbocycles. The van der Waals surface area contributed by atoms with Gasteiger partial charge in [-0.2, -0.15) is 0 Å². The normalized spacial score (nSPS) is 34.3. The van der Waals surface area contributed by atoms with E-state index in [1.165, 1.54) is 4.90 Å². The molecule has 0 radical (unpaired) electrons. The van der Waals surface area contributed by atoms with Crippen molar-refractivity contribution in [1.29, 1.82) is 0 Å². The van der Waals surface area contributed by atoms with E-state index >= 15 is 0 Å². The van der Waals surface area contributed by atoms with E-state index in [0.717, 1.165) is 12.1 Å². The van der Waals surface area contributed by atoms with Gasteiger partial charge in [0.05, 0.1) is 23.4 Å². The Balaban J connectivity index is 1.08. The lowest BCUT2D eigenvalue weighted by Gasteiger charge is -2.37. The van der Waals surface area contributed by atoms with Crippen molar-refractivity contribution in [2.75, 3.05) is 16.3 Å². The minimum atomic E-state index is -0.585. The second-order valence-electron chi connectivity index (χ2n) is 10.3. The van der Waals surface area contributed by atoms with Crippen molar-refractivity contribution >= 4 is 35.1 Å². The molecule has 0 N–H and O–H groups in total. The first-order valence-electron chi connectivity index (χ1n) is 12.2. The molecule has 176 valence electrons. The van der Waals surface area contributed by atoms with Crippen molar-refractivity contribution in [2.24, 2.45) is 41.4 Å². The summed E-state index contributed by atoms with van der Waals surface area (Å²) in [4.78, 5) is 55.0. The summed E-state index contributed by atoms with van der Waals surface area (Å²) in [6, 6.07) is 15.8. The smallest absolute Gasteiger partial charge is 0.316 e. The zero-order valence-electron chi connectivity index (χ0n) is 18.9. The summed E-state index contributed by atoms with van der Waals surface area (Å²) in [6.45, 7) is 0.256. The van der Waals surface area contributed by atoms with E-state index in [4.69, 9.17) is 4.74 Å². The van der Waals surface area contributed by atoms with E-state index in [0.29, 0.717) is 17.5 Å². The van der Waals surface area contributed by atoms with Gasteiger partial charge < -0.3 is 9.64 Å². The lowest BCUT2D eigenvalue weighted by molar-refractivity contribution is -0.139. The zero-order valence-corrected chi connectivity index (χ0v) is 18.9. The number of allylic oxidation sites excluding steroid dienone is 2. The number of amides is 3. The van der Waals surface area contributed by atoms with Gasteiger partial charge in [0.15, 0.2) is 0 Å². The molecular formula is C28H24N2O5. The number of carbonyl (C=O) groups is 4. The third-order valence-corrected chi connectivity index (χ3v) is 8.48. The number of para-hydroxylation sites is 1. The quantitative estimate of drug-likeness (QED) is 0.298. The standard InChI is InChI=1S/C28H24N2O5/c31-23-11-15(14-29(23)16-5-2-1-3-6-16)28(34)35-18-8-4-7-17(12-18)30-26(32)24-19-9-10-20(22-13-21(19)22)25(24)27(30)33/h1-10,12,15,19-22,24-25H,11,13-14H2/t15-,19-,20-,21-,22+,24+,25+/m0/s1. The highest BCUT2D eigenvalue weighted by molar-refractivity contribution is 6.22. The Hall–Kier alpha value is -3.74. The lowest BCUT2D eigenvalue weighted by Crippen LogP contribution is -2.40. The van der Waals surface area contributed by atoms with E-state index in [2.05, 4.69) is 12.2 Å². The summed E-state index contributed by atoms with van der Waals surface area (Å²) < 4.78 is 5.62. The van der Waals surface area contributed by atoms with E-state index in [-0.39, 0.29) is 60.1 Å². The van der Waals surface area contributed by atoms with Crippen molar-refractivity contribution in [3.63, 3.8) is 0 Å². The minimum absolute atomic E-state index is 0.0813. The largest absolute Gasteiger partial charge is 0.426 e. The van der Waals surface area contributed by atoms with Crippen LogP contribution in [-0.4, -0.2) is 30.2 Å². The van der Waals surface area contributed by atoms with Gasteiger partial charge in [-0.15, -0.1) is 0 Å². The fraction of sp³-hybridized carbons (Fsp3) is 0.357. The molecule has 4 fully saturated rings. The number of nitrogens with zero attached hydrogens (tertiary/aromatic N) is 2. The second kappa shape index (κ2) is 7.38. The zero-order chi connectivity index (χ0) is 23.8. The summed E-state index contributed by atoms with van der Waals surface area (Å²) in [5.41, 5.74) is 1.18. The van der Waals surface area contributed by atoms with Gasteiger partial charge in [-0.3, -0.25) is 19.2 Å². The maximum absolute atomic E-state index is 13.4. The summed E-state index contributed by atoms with van der Waals surface area (Å²) in [6.07, 6.45) is 5.49. The maximum atomic E-state index is 13.4. The van der Waals surface area contributed by atoms with Crippen LogP contribution in [0.2, 0.25) is 0 Å². The molecule has 0 spiro atoms. The van der Waals surface area contributed by atoms with Crippen LogP contribution in [0.15, 0.2) is 66.7 Å². The van der Waals surface area contributed by atoms with E-state index < -0.39 is 11.9 Å². The van der Waals surface area contributed by atoms with Crippen molar-refractivity contribution in [3.05, 3.63) is 66.7 Å². The molecule has 4 aliphatic carbocycles. The first kappa shape index (κ1) is 20.6. The van der Waals surface area contributed by atoms with E-state index in [1.54, 1.807) is 29.2 Å². The van der Waals surface area contributed by atoms with Crippen molar-refractivity contribution < 1.29 is 23.9 Å². The number of rotatable bonds is 4. The Morgan fingerprint density at radius 1 is 0.829 bits per heavy atom. The summed E-state index contributed by atoms with van der Waals surface area (Å²) in [5.74, 6) is -0.388. The van der Waals surface area contributed by atoms with Crippen LogP contribution in [0.3, 0.4) is 0 Å². The Morgan fingerprint density at radius 2 is 1.49 bits per heavy atom. The van der Waals surface area contributed by atoms with Crippen LogP contribution in [0.5, 0.6) is 5.75 Å². The van der Waals surface area contributed by atoms with Crippen LogP contribution in [0.4, 0.5) is 11.4 Å². The van der Waals surface area contributed by atoms with Gasteiger partial charge >= 0.3 is 5.97 Å². The first-order chi connectivity index (χ1) is 17.0. The summed E-state index contributed by atoms with van der Waals surface area (Å²) in [5, 5.41) is 0. The maximum Gasteiger partial charge on any atom is 0.316 e. The van der Waals surface area contributed by atoms with Gasteiger partial charge in [0.25, 0.3) is 0 Å². The molecule has 2 aliphatic heterocycles. The average Bonchev–Trinajstić information content (AvgIpc) is 3.55. The molecule has 3 amide bonds. The molecule has 2 bridgehead atoms. The molecule has 2 heterocycles. The topological polar surface area (TPSA) is 84.0 Å². The number of hydrogen-bond donors (Lipinski definition) is 0. The van der Waals surface area contributed by atoms with Gasteiger partial charge in [-0.25, -0.2) is 4.90 Å². The van der Waals surface area contributed by atoms with Crippen molar-refractivity contribution in [1.82, 2.24) is 0 Å². The summed E-state index contributed by atoms with van der Waals surface area (Å²) >= 11 is 0. The van der Waals surface area contributed by atoms with Crippen LogP contribution in [0.1, 0.15) is 12.8 Å². The Bertz CT molecular complexity index is 1270. The number of anilines is 2. The number of carbonyl (C=O) groups excluding carboxylic acids is 4. The van der Waals surface area contributed by atoms with Crippen LogP contribution in [-0.2, 0) is 19.2 Å². The van der Waals surface area contributed by atoms with E-state index in [9.17, 15) is 19.2 Å². The Labute approximate surface area is 202 Å². The predicted octanol–water partition coefficient (Wildman–Crippen LogP) is 3.20. The summed E-state index contributed by atoms with van der Waals surface area (Å²) in [7, 11) is 0. The number of imide groups is 1. The second-order valence-corrected chi connectivity index (χ2v) is 10.3. The molecule has 0 aromatic heterocycles. The molecule has 2 saturated heterocycles. The minimum Gasteiger partial charge on any atom is -0.426 e. The number of hydrogen-bond acceptors (Lipinski definition) is 5. The average molecular weight is 469 g/mol. The lowest BCUT2D eigenvalue weighted by atomic mass is 9.63. The fourth-order valence-corrected chi connectivity index (χ4v) is 6.82. The number of esters is 1. The highest BCUT2D eigenvalue weighted by Crippen LogP contribution is 2.65. The van der Waals surface area contributed by atoms with Gasteiger partial charge in [-0.1, -0.05) is 36.4 Å². The van der Waals surface area contributed by atoms with Gasteiger partial charge in [0, 0.05) is 24.7 Å². The molecule has 0 unspecified atom stereocenters. The molecule has 8 rings (SSSR count). The van der Waals surface area contributed by atoms with Gasteiger partial charge in [-0.05, 0) is 54.4 Å². The first-order valence-corrected chi connectivity index (χ1v) is 12.2. The van der Waals surface area contributed by atoms with Crippen LogP contribution >= 0.6 is 0 Å². The SMILES string of the molecule is O=C(Oc1cccc(N2C(=O)[C@@H]3[C@H]4C=C[C@@H]([C@@H]5C[C@H]45)[C@H]3C2=O)c1)[C@H]1CC(=O)N(c2ccccc2)C1. The molecular weight excluding hydrogens is 444 g/mol. The molecule has 7 atom stereocenters. The third-order valence-electron chi connectivity index (χ3n) is 8.48. The monoisotopic (exact) mass is 468 g/mol. The molecule has 2 aromatic carbocycles. The third kappa shape index (κ3) is 3.03. The Morgan fingerprint density at radius 3 is 2.17 bits per heavy atom. The molecule has 7 nitrogen and oxygen atoms in total. The molecule has 35 heavy (non-hydrogen) atoms. The van der Waals surface area contributed by atoms with Crippen molar-refractivity contribution in [2.45, 2.75) is 12.8 Å². The predicted molar refractivity (Wildman–Crippen MR) is 126 cm³/mol. The van der Waals surface area contributed by atoms with Crippen LogP contribution < -0.4 is 14.5 Å². The number of ether oxygens (including phenoxy) is 1. The van der Waals surface area contributed by atoms with Gasteiger partial charge in [0.2, 0.25) is 17.7 Å².